The molecule has 0 aliphatic carbocycles. The third-order valence-electron chi connectivity index (χ3n) is 1.79. The highest BCUT2D eigenvalue weighted by Crippen LogP contribution is 2.16. The number of hydrogen-bond donors (Lipinski definition) is 0. The molecule has 0 atom stereocenters. The Kier molecular flexibility index (Phi) is 2.76. The van der Waals surface area contributed by atoms with Crippen LogP contribution in [0.4, 0.5) is 8.78 Å². The molecule has 1 aromatic rings. The second-order valence-electron chi connectivity index (χ2n) is 2.88. The van der Waals surface area contributed by atoms with Crippen molar-refractivity contribution in [3.63, 3.8) is 0 Å². The largest absolute Gasteiger partial charge is 0.294 e. The molecule has 0 radical (unpaired) electrons. The second kappa shape index (κ2) is 3.64. The molecule has 0 spiro atoms. The summed E-state index contributed by atoms with van der Waals surface area (Å²) in [6, 6.07) is 2.32. The third-order valence-corrected chi connectivity index (χ3v) is 1.79. The Bertz CT molecular complexity index is 322. The summed E-state index contributed by atoms with van der Waals surface area (Å²) in [7, 11) is 0. The van der Waals surface area contributed by atoms with Crippen LogP contribution in [-0.2, 0) is 0 Å². The smallest absolute Gasteiger partial charge is 0.168 e. The SMILES string of the molecule is CCC(=O)c1c(F)cc(C)cc1F. The van der Waals surface area contributed by atoms with E-state index in [-0.39, 0.29) is 6.42 Å². The summed E-state index contributed by atoms with van der Waals surface area (Å²) >= 11 is 0. The van der Waals surface area contributed by atoms with Crippen LogP contribution < -0.4 is 0 Å². The van der Waals surface area contributed by atoms with Crippen LogP contribution in [-0.4, -0.2) is 5.78 Å². The maximum Gasteiger partial charge on any atom is 0.168 e. The van der Waals surface area contributed by atoms with Gasteiger partial charge in [-0.1, -0.05) is 6.92 Å². The fourth-order valence-corrected chi connectivity index (χ4v) is 1.14. The number of carbonyl (C=O) groups excluding carboxylic acids is 1. The van der Waals surface area contributed by atoms with Gasteiger partial charge in [-0.25, -0.2) is 8.78 Å². The van der Waals surface area contributed by atoms with Crippen molar-refractivity contribution >= 4 is 5.78 Å². The lowest BCUT2D eigenvalue weighted by Gasteiger charge is -2.03. The van der Waals surface area contributed by atoms with Crippen LogP contribution in [0.25, 0.3) is 0 Å². The van der Waals surface area contributed by atoms with Crippen LogP contribution in [0.5, 0.6) is 0 Å². The lowest BCUT2D eigenvalue weighted by molar-refractivity contribution is 0.0980. The maximum absolute atomic E-state index is 13.1. The van der Waals surface area contributed by atoms with E-state index in [1.54, 1.807) is 13.8 Å². The van der Waals surface area contributed by atoms with Crippen LogP contribution in [0.3, 0.4) is 0 Å². The number of rotatable bonds is 2. The Hall–Kier alpha value is -1.25. The van der Waals surface area contributed by atoms with Crippen molar-refractivity contribution < 1.29 is 13.6 Å². The number of halogens is 2. The molecule has 1 aromatic carbocycles. The number of aryl methyl sites for hydroxylation is 1. The number of Topliss-reactive ketones (excluding diaryl/α,β-unsaturated/α-hetero) is 1. The lowest BCUT2D eigenvalue weighted by Crippen LogP contribution is -2.04. The summed E-state index contributed by atoms with van der Waals surface area (Å²) in [5.41, 5.74) is 0.0516. The number of ketones is 1. The minimum Gasteiger partial charge on any atom is -0.294 e. The van der Waals surface area contributed by atoms with E-state index in [2.05, 4.69) is 0 Å². The number of carbonyl (C=O) groups is 1. The van der Waals surface area contributed by atoms with Gasteiger partial charge in [-0.2, -0.15) is 0 Å². The van der Waals surface area contributed by atoms with Gasteiger partial charge in [0, 0.05) is 6.42 Å². The molecule has 0 N–H and O–H groups in total. The van der Waals surface area contributed by atoms with Crippen LogP contribution in [0.15, 0.2) is 12.1 Å². The van der Waals surface area contributed by atoms with Gasteiger partial charge in [0.05, 0.1) is 5.56 Å². The molecule has 1 rings (SSSR count). The summed E-state index contributed by atoms with van der Waals surface area (Å²) in [6.07, 6.45) is 0.108. The molecule has 70 valence electrons. The average Bonchev–Trinajstić information content (AvgIpc) is 2.02. The monoisotopic (exact) mass is 184 g/mol. The van der Waals surface area contributed by atoms with Gasteiger partial charge in [0.25, 0.3) is 0 Å². The Morgan fingerprint density at radius 1 is 1.31 bits per heavy atom. The van der Waals surface area contributed by atoms with E-state index in [0.29, 0.717) is 5.56 Å². The summed E-state index contributed by atoms with van der Waals surface area (Å²) in [5, 5.41) is 0. The first-order valence-corrected chi connectivity index (χ1v) is 4.05. The van der Waals surface area contributed by atoms with Crippen LogP contribution in [0, 0.1) is 18.6 Å². The number of benzene rings is 1. The third kappa shape index (κ3) is 1.91. The normalized spacial score (nSPS) is 10.2. The molecule has 0 aromatic heterocycles. The predicted molar refractivity (Wildman–Crippen MR) is 45.7 cm³/mol. The molecule has 0 heterocycles. The van der Waals surface area contributed by atoms with E-state index in [4.69, 9.17) is 0 Å². The van der Waals surface area contributed by atoms with E-state index in [1.165, 1.54) is 0 Å². The summed E-state index contributed by atoms with van der Waals surface area (Å²) in [5.74, 6) is -2.05. The highest BCUT2D eigenvalue weighted by molar-refractivity contribution is 5.96. The molecule has 0 aliphatic heterocycles. The molecule has 0 fully saturated rings. The van der Waals surface area contributed by atoms with Crippen molar-refractivity contribution in [2.45, 2.75) is 20.3 Å². The van der Waals surface area contributed by atoms with Crippen molar-refractivity contribution in [2.24, 2.45) is 0 Å². The standard InChI is InChI=1S/C10H10F2O/c1-3-9(13)10-7(11)4-6(2)5-8(10)12/h4-5H,3H2,1-2H3. The van der Waals surface area contributed by atoms with Gasteiger partial charge in [-0.05, 0) is 24.6 Å². The van der Waals surface area contributed by atoms with E-state index >= 15 is 0 Å². The second-order valence-corrected chi connectivity index (χ2v) is 2.88. The quantitative estimate of drug-likeness (QED) is 0.646. The van der Waals surface area contributed by atoms with Gasteiger partial charge < -0.3 is 0 Å². The molecule has 13 heavy (non-hydrogen) atoms. The zero-order valence-corrected chi connectivity index (χ0v) is 7.53. The molecular weight excluding hydrogens is 174 g/mol. The van der Waals surface area contributed by atoms with E-state index < -0.39 is 23.0 Å². The Morgan fingerprint density at radius 3 is 2.15 bits per heavy atom. The molecule has 0 unspecified atom stereocenters. The first-order valence-electron chi connectivity index (χ1n) is 4.05. The predicted octanol–water partition coefficient (Wildman–Crippen LogP) is 2.87. The van der Waals surface area contributed by atoms with Gasteiger partial charge in [0.1, 0.15) is 11.6 Å². The van der Waals surface area contributed by atoms with Crippen molar-refractivity contribution in [3.05, 3.63) is 34.9 Å². The van der Waals surface area contributed by atoms with E-state index in [0.717, 1.165) is 12.1 Å². The van der Waals surface area contributed by atoms with Gasteiger partial charge in [-0.3, -0.25) is 4.79 Å². The highest BCUT2D eigenvalue weighted by atomic mass is 19.1. The molecule has 0 aliphatic rings. The minimum absolute atomic E-state index is 0.108. The van der Waals surface area contributed by atoms with Gasteiger partial charge in [0.15, 0.2) is 5.78 Å². The summed E-state index contributed by atoms with van der Waals surface area (Å²) < 4.78 is 26.2. The van der Waals surface area contributed by atoms with Crippen molar-refractivity contribution in [1.82, 2.24) is 0 Å². The molecule has 3 heteroatoms. The van der Waals surface area contributed by atoms with Crippen molar-refractivity contribution in [3.8, 4) is 0 Å². The zero-order valence-electron chi connectivity index (χ0n) is 7.53. The molecule has 0 bridgehead atoms. The van der Waals surface area contributed by atoms with E-state index in [9.17, 15) is 13.6 Å². The van der Waals surface area contributed by atoms with Crippen LogP contribution in [0.1, 0.15) is 29.3 Å². The zero-order chi connectivity index (χ0) is 10.0. The first-order chi connectivity index (χ1) is 6.06. The Labute approximate surface area is 75.4 Å². The Balaban J connectivity index is 3.28. The molecular formula is C10H10F2O. The maximum atomic E-state index is 13.1. The number of hydrogen-bond acceptors (Lipinski definition) is 1. The Morgan fingerprint density at radius 2 is 1.77 bits per heavy atom. The van der Waals surface area contributed by atoms with Gasteiger partial charge >= 0.3 is 0 Å². The van der Waals surface area contributed by atoms with Gasteiger partial charge in [-0.15, -0.1) is 0 Å². The molecule has 0 saturated carbocycles. The van der Waals surface area contributed by atoms with Crippen molar-refractivity contribution in [1.29, 1.82) is 0 Å². The van der Waals surface area contributed by atoms with E-state index in [1.807, 2.05) is 0 Å². The van der Waals surface area contributed by atoms with Gasteiger partial charge in [0.2, 0.25) is 0 Å². The molecule has 1 nitrogen and oxygen atoms in total. The topological polar surface area (TPSA) is 17.1 Å². The lowest BCUT2D eigenvalue weighted by atomic mass is 10.1. The average molecular weight is 184 g/mol. The van der Waals surface area contributed by atoms with Crippen molar-refractivity contribution in [2.75, 3.05) is 0 Å². The molecule has 0 amide bonds. The summed E-state index contributed by atoms with van der Waals surface area (Å²) in [4.78, 5) is 11.1. The van der Waals surface area contributed by atoms with Crippen LogP contribution >= 0.6 is 0 Å². The fourth-order valence-electron chi connectivity index (χ4n) is 1.14. The fraction of sp³-hybridized carbons (Fsp3) is 0.300. The molecule has 0 saturated heterocycles. The van der Waals surface area contributed by atoms with Crippen LogP contribution in [0.2, 0.25) is 0 Å². The highest BCUT2D eigenvalue weighted by Gasteiger charge is 2.15. The first kappa shape index (κ1) is 9.84. The minimum atomic E-state index is -0.774. The summed E-state index contributed by atoms with van der Waals surface area (Å²) in [6.45, 7) is 3.15.